The predicted octanol–water partition coefficient (Wildman–Crippen LogP) is 1.74. The number of ether oxygens (including phenoxy) is 1. The number of unbranched alkanes of at least 4 members (excludes halogenated alkanes) is 3. The Hall–Kier alpha value is -0.610. The van der Waals surface area contributed by atoms with Gasteiger partial charge in [0.1, 0.15) is 6.10 Å². The van der Waals surface area contributed by atoms with Crippen molar-refractivity contribution in [1.29, 1.82) is 0 Å². The maximum Gasteiger partial charge on any atom is 0.262 e. The average molecular weight is 216 g/mol. The van der Waals surface area contributed by atoms with Crippen LogP contribution < -0.4 is 11.3 Å². The van der Waals surface area contributed by atoms with Crippen molar-refractivity contribution >= 4 is 5.91 Å². The van der Waals surface area contributed by atoms with Crippen LogP contribution >= 0.6 is 0 Å². The maximum atomic E-state index is 11.1. The quantitative estimate of drug-likeness (QED) is 0.281. The molecular formula is C11H24N2O2. The van der Waals surface area contributed by atoms with Crippen LogP contribution in [0.25, 0.3) is 0 Å². The maximum absolute atomic E-state index is 11.1. The summed E-state index contributed by atoms with van der Waals surface area (Å²) < 4.78 is 5.49. The largest absolute Gasteiger partial charge is 0.366 e. The first kappa shape index (κ1) is 14.4. The van der Waals surface area contributed by atoms with Crippen molar-refractivity contribution in [2.75, 3.05) is 0 Å². The molecule has 4 nitrogen and oxygen atoms in total. The molecule has 0 aliphatic rings. The number of nitrogens with one attached hydrogen (secondary N) is 1. The molecule has 0 spiro atoms. The van der Waals surface area contributed by atoms with Gasteiger partial charge in [-0.05, 0) is 20.3 Å². The van der Waals surface area contributed by atoms with Gasteiger partial charge < -0.3 is 4.74 Å². The van der Waals surface area contributed by atoms with E-state index in [1.54, 1.807) is 6.92 Å². The van der Waals surface area contributed by atoms with Gasteiger partial charge in [0.15, 0.2) is 0 Å². The van der Waals surface area contributed by atoms with Gasteiger partial charge in [-0.3, -0.25) is 10.2 Å². The highest BCUT2D eigenvalue weighted by Gasteiger charge is 2.14. The normalized spacial score (nSPS) is 14.7. The van der Waals surface area contributed by atoms with Crippen LogP contribution in [0.1, 0.15) is 52.9 Å². The molecule has 3 N–H and O–H groups in total. The SMILES string of the molecule is CCCCCCC(C)OC(C)C(=O)NN. The fraction of sp³-hybridized carbons (Fsp3) is 0.909. The first-order valence-corrected chi connectivity index (χ1v) is 5.77. The lowest BCUT2D eigenvalue weighted by Crippen LogP contribution is -2.40. The number of carbonyl (C=O) groups excluding carboxylic acids is 1. The number of carbonyl (C=O) groups is 1. The summed E-state index contributed by atoms with van der Waals surface area (Å²) in [4.78, 5) is 11.1. The van der Waals surface area contributed by atoms with Crippen molar-refractivity contribution in [1.82, 2.24) is 5.43 Å². The Labute approximate surface area is 92.5 Å². The van der Waals surface area contributed by atoms with Gasteiger partial charge in [-0.1, -0.05) is 32.6 Å². The molecule has 0 rings (SSSR count). The van der Waals surface area contributed by atoms with Gasteiger partial charge >= 0.3 is 0 Å². The second kappa shape index (κ2) is 8.68. The van der Waals surface area contributed by atoms with E-state index in [9.17, 15) is 4.79 Å². The van der Waals surface area contributed by atoms with Crippen molar-refractivity contribution in [2.45, 2.75) is 65.1 Å². The third kappa shape index (κ3) is 7.33. The first-order chi connectivity index (χ1) is 7.11. The van der Waals surface area contributed by atoms with Crippen molar-refractivity contribution < 1.29 is 9.53 Å². The van der Waals surface area contributed by atoms with Crippen LogP contribution in [0, 0.1) is 0 Å². The summed E-state index contributed by atoms with van der Waals surface area (Å²) in [5.74, 6) is 4.74. The molecule has 0 aliphatic carbocycles. The standard InChI is InChI=1S/C11H24N2O2/c1-4-5-6-7-8-9(2)15-10(3)11(14)13-12/h9-10H,4-8,12H2,1-3H3,(H,13,14). The van der Waals surface area contributed by atoms with Crippen LogP contribution in [0.4, 0.5) is 0 Å². The molecule has 0 radical (unpaired) electrons. The summed E-state index contributed by atoms with van der Waals surface area (Å²) in [6.45, 7) is 5.89. The zero-order valence-electron chi connectivity index (χ0n) is 10.1. The Balaban J connectivity index is 3.55. The number of hydrogen-bond donors (Lipinski definition) is 2. The Bertz CT molecular complexity index is 174. The molecule has 0 aliphatic heterocycles. The fourth-order valence-electron chi connectivity index (χ4n) is 1.45. The monoisotopic (exact) mass is 216 g/mol. The van der Waals surface area contributed by atoms with Crippen LogP contribution in [-0.2, 0) is 9.53 Å². The molecule has 1 amide bonds. The summed E-state index contributed by atoms with van der Waals surface area (Å²) in [6.07, 6.45) is 5.56. The van der Waals surface area contributed by atoms with Crippen LogP contribution in [-0.4, -0.2) is 18.1 Å². The molecule has 15 heavy (non-hydrogen) atoms. The van der Waals surface area contributed by atoms with Gasteiger partial charge in [0.25, 0.3) is 5.91 Å². The van der Waals surface area contributed by atoms with Crippen LogP contribution in [0.15, 0.2) is 0 Å². The highest BCUT2D eigenvalue weighted by Crippen LogP contribution is 2.09. The lowest BCUT2D eigenvalue weighted by molar-refractivity contribution is -0.135. The van der Waals surface area contributed by atoms with Crippen LogP contribution in [0.5, 0.6) is 0 Å². The summed E-state index contributed by atoms with van der Waals surface area (Å²) in [7, 11) is 0. The molecule has 0 aromatic carbocycles. The molecule has 0 saturated carbocycles. The van der Waals surface area contributed by atoms with E-state index in [0.717, 1.165) is 12.8 Å². The van der Waals surface area contributed by atoms with E-state index in [1.807, 2.05) is 6.92 Å². The number of nitrogens with two attached hydrogens (primary N) is 1. The van der Waals surface area contributed by atoms with E-state index in [-0.39, 0.29) is 12.0 Å². The second-order valence-corrected chi connectivity index (χ2v) is 3.95. The van der Waals surface area contributed by atoms with Gasteiger partial charge in [-0.15, -0.1) is 0 Å². The lowest BCUT2D eigenvalue weighted by atomic mass is 10.1. The van der Waals surface area contributed by atoms with Crippen LogP contribution in [0.2, 0.25) is 0 Å². The average Bonchev–Trinajstić information content (AvgIpc) is 2.23. The van der Waals surface area contributed by atoms with Crippen molar-refractivity contribution in [3.05, 3.63) is 0 Å². The Morgan fingerprint density at radius 2 is 2.00 bits per heavy atom. The fourth-order valence-corrected chi connectivity index (χ4v) is 1.45. The topological polar surface area (TPSA) is 64.3 Å². The molecule has 0 heterocycles. The predicted molar refractivity (Wildman–Crippen MR) is 61.1 cm³/mol. The first-order valence-electron chi connectivity index (χ1n) is 5.77. The zero-order valence-corrected chi connectivity index (χ0v) is 10.1. The summed E-state index contributed by atoms with van der Waals surface area (Å²) in [5, 5.41) is 0. The van der Waals surface area contributed by atoms with Gasteiger partial charge in [0.05, 0.1) is 6.10 Å². The molecule has 0 aromatic rings. The number of amides is 1. The number of hydrazine groups is 1. The second-order valence-electron chi connectivity index (χ2n) is 3.95. The van der Waals surface area contributed by atoms with E-state index in [4.69, 9.17) is 10.6 Å². The van der Waals surface area contributed by atoms with Crippen LogP contribution in [0.3, 0.4) is 0 Å². The minimum absolute atomic E-state index is 0.120. The van der Waals surface area contributed by atoms with Gasteiger partial charge in [0.2, 0.25) is 0 Å². The highest BCUT2D eigenvalue weighted by atomic mass is 16.5. The minimum Gasteiger partial charge on any atom is -0.366 e. The molecule has 0 saturated heterocycles. The Morgan fingerprint density at radius 1 is 1.33 bits per heavy atom. The molecule has 0 bridgehead atoms. The lowest BCUT2D eigenvalue weighted by Gasteiger charge is -2.17. The van der Waals surface area contributed by atoms with E-state index in [0.29, 0.717) is 0 Å². The molecular weight excluding hydrogens is 192 g/mol. The molecule has 4 heteroatoms. The van der Waals surface area contributed by atoms with Gasteiger partial charge in [-0.25, -0.2) is 5.84 Å². The van der Waals surface area contributed by atoms with E-state index in [2.05, 4.69) is 12.3 Å². The Kier molecular flexibility index (Phi) is 8.33. The van der Waals surface area contributed by atoms with Crippen molar-refractivity contribution in [2.24, 2.45) is 5.84 Å². The summed E-state index contributed by atoms with van der Waals surface area (Å²) in [5.41, 5.74) is 2.08. The van der Waals surface area contributed by atoms with E-state index < -0.39 is 6.10 Å². The van der Waals surface area contributed by atoms with Gasteiger partial charge in [0, 0.05) is 0 Å². The molecule has 0 fully saturated rings. The molecule has 90 valence electrons. The third-order valence-corrected chi connectivity index (χ3v) is 2.41. The molecule has 0 aromatic heterocycles. The summed E-state index contributed by atoms with van der Waals surface area (Å²) in [6, 6.07) is 0. The van der Waals surface area contributed by atoms with E-state index >= 15 is 0 Å². The van der Waals surface area contributed by atoms with Crippen molar-refractivity contribution in [3.8, 4) is 0 Å². The molecule has 2 unspecified atom stereocenters. The van der Waals surface area contributed by atoms with Crippen molar-refractivity contribution in [3.63, 3.8) is 0 Å². The zero-order chi connectivity index (χ0) is 11.7. The van der Waals surface area contributed by atoms with E-state index in [1.165, 1.54) is 19.3 Å². The smallest absolute Gasteiger partial charge is 0.262 e. The van der Waals surface area contributed by atoms with Gasteiger partial charge in [-0.2, -0.15) is 0 Å². The number of hydrogen-bond acceptors (Lipinski definition) is 3. The third-order valence-electron chi connectivity index (χ3n) is 2.41. The Morgan fingerprint density at radius 3 is 2.53 bits per heavy atom. The highest BCUT2D eigenvalue weighted by molar-refractivity contribution is 5.79. The summed E-state index contributed by atoms with van der Waals surface area (Å²) >= 11 is 0. The minimum atomic E-state index is -0.462. The number of rotatable bonds is 8. The molecule has 2 atom stereocenters.